The molecule has 1 fully saturated rings. The van der Waals surface area contributed by atoms with Gasteiger partial charge in [-0.1, -0.05) is 0 Å². The van der Waals surface area contributed by atoms with Gasteiger partial charge in [0.1, 0.15) is 11.9 Å². The zero-order valence-electron chi connectivity index (χ0n) is 14.2. The summed E-state index contributed by atoms with van der Waals surface area (Å²) in [5.41, 5.74) is 3.08. The van der Waals surface area contributed by atoms with Crippen LogP contribution >= 0.6 is 0 Å². The van der Waals surface area contributed by atoms with Crippen LogP contribution < -0.4 is 4.74 Å². The number of benzene rings is 1. The van der Waals surface area contributed by atoms with Crippen LogP contribution in [0.1, 0.15) is 23.2 Å². The normalized spacial score (nSPS) is 19.7. The van der Waals surface area contributed by atoms with Crippen molar-refractivity contribution in [3.8, 4) is 11.8 Å². The van der Waals surface area contributed by atoms with Crippen LogP contribution in [0.2, 0.25) is 0 Å². The van der Waals surface area contributed by atoms with E-state index in [0.717, 1.165) is 25.0 Å². The number of carbonyl (C=O) groups is 1. The summed E-state index contributed by atoms with van der Waals surface area (Å²) in [5.74, 6) is 1.03. The molecule has 128 valence electrons. The molecular weight excluding hydrogens is 316 g/mol. The first-order chi connectivity index (χ1) is 12.1. The predicted octanol–water partition coefficient (Wildman–Crippen LogP) is 1.69. The molecule has 0 bridgehead atoms. The van der Waals surface area contributed by atoms with E-state index in [9.17, 15) is 4.79 Å². The smallest absolute Gasteiger partial charge is 0.226 e. The third kappa shape index (κ3) is 2.98. The third-order valence-corrected chi connectivity index (χ3v) is 5.15. The second-order valence-corrected chi connectivity index (χ2v) is 6.80. The van der Waals surface area contributed by atoms with Gasteiger partial charge < -0.3 is 9.64 Å². The van der Waals surface area contributed by atoms with E-state index in [1.54, 1.807) is 24.3 Å². The van der Waals surface area contributed by atoms with E-state index in [-0.39, 0.29) is 17.9 Å². The second kappa shape index (κ2) is 6.25. The van der Waals surface area contributed by atoms with Gasteiger partial charge in [0.25, 0.3) is 0 Å². The molecule has 6 nitrogen and oxygen atoms in total. The quantitative estimate of drug-likeness (QED) is 0.855. The number of hydrogen-bond donors (Lipinski definition) is 0. The van der Waals surface area contributed by atoms with Crippen LogP contribution in [-0.4, -0.2) is 39.8 Å². The van der Waals surface area contributed by atoms with Crippen molar-refractivity contribution in [2.24, 2.45) is 13.0 Å². The Morgan fingerprint density at radius 3 is 2.80 bits per heavy atom. The van der Waals surface area contributed by atoms with Crippen molar-refractivity contribution in [2.75, 3.05) is 13.1 Å². The molecule has 1 aliphatic heterocycles. The zero-order valence-corrected chi connectivity index (χ0v) is 14.2. The van der Waals surface area contributed by atoms with Crippen LogP contribution in [-0.2, 0) is 24.7 Å². The van der Waals surface area contributed by atoms with E-state index in [1.807, 2.05) is 22.8 Å². The molecule has 25 heavy (non-hydrogen) atoms. The number of fused-ring (bicyclic) bond motifs is 1. The number of aromatic nitrogens is 2. The lowest BCUT2D eigenvalue weighted by Crippen LogP contribution is -2.58. The van der Waals surface area contributed by atoms with E-state index >= 15 is 0 Å². The fraction of sp³-hybridized carbons (Fsp3) is 0.421. The molecule has 1 aromatic carbocycles. The van der Waals surface area contributed by atoms with Crippen molar-refractivity contribution in [3.05, 3.63) is 47.3 Å². The topological polar surface area (TPSA) is 71.2 Å². The molecule has 6 heteroatoms. The maximum Gasteiger partial charge on any atom is 0.226 e. The molecule has 2 aliphatic rings. The average molecular weight is 336 g/mol. The highest BCUT2D eigenvalue weighted by Crippen LogP contribution is 2.28. The first-order valence-corrected chi connectivity index (χ1v) is 8.59. The monoisotopic (exact) mass is 336 g/mol. The van der Waals surface area contributed by atoms with Gasteiger partial charge in [0, 0.05) is 25.1 Å². The Bertz CT molecular complexity index is 828. The summed E-state index contributed by atoms with van der Waals surface area (Å²) in [6.45, 7) is 1.27. The molecule has 1 unspecified atom stereocenters. The molecule has 4 rings (SSSR count). The Labute approximate surface area is 146 Å². The summed E-state index contributed by atoms with van der Waals surface area (Å²) < 4.78 is 7.75. The summed E-state index contributed by atoms with van der Waals surface area (Å²) in [7, 11) is 1.94. The Morgan fingerprint density at radius 1 is 1.32 bits per heavy atom. The first-order valence-electron chi connectivity index (χ1n) is 8.59. The lowest BCUT2D eigenvalue weighted by Gasteiger charge is -2.41. The highest BCUT2D eigenvalue weighted by Gasteiger charge is 2.37. The standard InChI is InChI=1S/C19H20N4O2/c1-22-18-8-14(4-5-15(18)10-21-22)19(24)23-11-17(12-23)25-16-6-2-13(9-20)3-7-16/h2-3,6-7,10,14,17H,4-5,8,11-12H2,1H3. The van der Waals surface area contributed by atoms with Gasteiger partial charge in [-0.05, 0) is 42.7 Å². The summed E-state index contributed by atoms with van der Waals surface area (Å²) in [6, 6.07) is 9.17. The van der Waals surface area contributed by atoms with Gasteiger partial charge in [0.05, 0.1) is 30.9 Å². The van der Waals surface area contributed by atoms with Crippen LogP contribution in [0.3, 0.4) is 0 Å². The van der Waals surface area contributed by atoms with Crippen LogP contribution in [0.4, 0.5) is 0 Å². The van der Waals surface area contributed by atoms with Crippen molar-refractivity contribution < 1.29 is 9.53 Å². The zero-order chi connectivity index (χ0) is 17.4. The summed E-state index contributed by atoms with van der Waals surface area (Å²) >= 11 is 0. The molecule has 0 N–H and O–H groups in total. The van der Waals surface area contributed by atoms with Gasteiger partial charge in [-0.15, -0.1) is 0 Å². The van der Waals surface area contributed by atoms with Gasteiger partial charge >= 0.3 is 0 Å². The number of aryl methyl sites for hydroxylation is 2. The number of ether oxygens (including phenoxy) is 1. The SMILES string of the molecule is Cn1ncc2c1CC(C(=O)N1CC(Oc3ccc(C#N)cc3)C1)CC2. The Morgan fingerprint density at radius 2 is 2.08 bits per heavy atom. The molecule has 1 atom stereocenters. The molecule has 0 spiro atoms. The van der Waals surface area contributed by atoms with Crippen molar-refractivity contribution in [1.29, 1.82) is 5.26 Å². The molecule has 1 amide bonds. The first kappa shape index (κ1) is 15.7. The number of amides is 1. The van der Waals surface area contributed by atoms with Gasteiger partial charge in [0.15, 0.2) is 0 Å². The van der Waals surface area contributed by atoms with Crippen LogP contribution in [0.5, 0.6) is 5.75 Å². The number of hydrogen-bond acceptors (Lipinski definition) is 4. The highest BCUT2D eigenvalue weighted by atomic mass is 16.5. The van der Waals surface area contributed by atoms with Crippen molar-refractivity contribution >= 4 is 5.91 Å². The maximum absolute atomic E-state index is 12.7. The van der Waals surface area contributed by atoms with Gasteiger partial charge in [0.2, 0.25) is 5.91 Å². The predicted molar refractivity (Wildman–Crippen MR) is 90.9 cm³/mol. The number of rotatable bonds is 3. The molecular formula is C19H20N4O2. The highest BCUT2D eigenvalue weighted by molar-refractivity contribution is 5.80. The number of carbonyl (C=O) groups excluding carboxylic acids is 1. The van der Waals surface area contributed by atoms with Crippen molar-refractivity contribution in [1.82, 2.24) is 14.7 Å². The molecule has 1 aliphatic carbocycles. The third-order valence-electron chi connectivity index (χ3n) is 5.15. The maximum atomic E-state index is 12.7. The lowest BCUT2D eigenvalue weighted by molar-refractivity contribution is -0.144. The van der Waals surface area contributed by atoms with E-state index < -0.39 is 0 Å². The fourth-order valence-electron chi connectivity index (χ4n) is 3.61. The van der Waals surface area contributed by atoms with Crippen molar-refractivity contribution in [3.63, 3.8) is 0 Å². The largest absolute Gasteiger partial charge is 0.487 e. The second-order valence-electron chi connectivity index (χ2n) is 6.80. The number of nitriles is 1. The minimum atomic E-state index is 0.0349. The van der Waals surface area contributed by atoms with Gasteiger partial charge in [-0.3, -0.25) is 9.48 Å². The molecule has 1 saturated heterocycles. The molecule has 0 saturated carbocycles. The van der Waals surface area contributed by atoms with E-state index in [4.69, 9.17) is 10.00 Å². The Kier molecular flexibility index (Phi) is 3.92. The minimum absolute atomic E-state index is 0.0349. The number of likely N-dealkylation sites (tertiary alicyclic amines) is 1. The average Bonchev–Trinajstić information content (AvgIpc) is 2.98. The van der Waals surface area contributed by atoms with Crippen LogP contribution in [0.25, 0.3) is 0 Å². The van der Waals surface area contributed by atoms with Crippen LogP contribution in [0.15, 0.2) is 30.5 Å². The Hall–Kier alpha value is -2.81. The molecule has 2 heterocycles. The van der Waals surface area contributed by atoms with Gasteiger partial charge in [-0.25, -0.2) is 0 Å². The fourth-order valence-corrected chi connectivity index (χ4v) is 3.61. The van der Waals surface area contributed by atoms with Gasteiger partial charge in [-0.2, -0.15) is 10.4 Å². The Balaban J connectivity index is 1.31. The number of nitrogens with zero attached hydrogens (tertiary/aromatic N) is 4. The van der Waals surface area contributed by atoms with E-state index in [0.29, 0.717) is 18.7 Å². The lowest BCUT2D eigenvalue weighted by atomic mass is 9.86. The minimum Gasteiger partial charge on any atom is -0.487 e. The van der Waals surface area contributed by atoms with E-state index in [1.165, 1.54) is 11.3 Å². The molecule has 2 aromatic rings. The summed E-state index contributed by atoms with van der Waals surface area (Å²) in [5, 5.41) is 13.1. The summed E-state index contributed by atoms with van der Waals surface area (Å²) in [6.07, 6.45) is 4.56. The van der Waals surface area contributed by atoms with Crippen LogP contribution in [0, 0.1) is 17.2 Å². The summed E-state index contributed by atoms with van der Waals surface area (Å²) in [4.78, 5) is 14.6. The molecule has 1 aromatic heterocycles. The van der Waals surface area contributed by atoms with E-state index in [2.05, 4.69) is 11.2 Å². The van der Waals surface area contributed by atoms with Crippen molar-refractivity contribution in [2.45, 2.75) is 25.4 Å². The molecule has 0 radical (unpaired) electrons.